The molecule has 0 amide bonds. The van der Waals surface area contributed by atoms with E-state index in [0.29, 0.717) is 18.6 Å². The van der Waals surface area contributed by atoms with Crippen LogP contribution in [0.5, 0.6) is 0 Å². The Morgan fingerprint density at radius 2 is 1.86 bits per heavy atom. The Morgan fingerprint density at radius 3 is 2.38 bits per heavy atom. The fraction of sp³-hybridized carbons (Fsp3) is 0.667. The number of benzene rings is 1. The van der Waals surface area contributed by atoms with Crippen LogP contribution in [0.1, 0.15) is 59.1 Å². The molecule has 0 saturated heterocycles. The Labute approximate surface area is 138 Å². The first-order valence-electron chi connectivity index (χ1n) is 7.81. The lowest BCUT2D eigenvalue weighted by atomic mass is 10.1. The van der Waals surface area contributed by atoms with E-state index in [2.05, 4.69) is 81.0 Å². The maximum absolute atomic E-state index is 5.93. The summed E-state index contributed by atoms with van der Waals surface area (Å²) in [5, 5.41) is 3.50. The van der Waals surface area contributed by atoms with Crippen molar-refractivity contribution in [1.29, 1.82) is 0 Å². The number of halogens is 1. The van der Waals surface area contributed by atoms with Crippen molar-refractivity contribution in [3.8, 4) is 0 Å². The summed E-state index contributed by atoms with van der Waals surface area (Å²) >= 11 is 3.66. The van der Waals surface area contributed by atoms with Crippen molar-refractivity contribution in [2.45, 2.75) is 72.8 Å². The zero-order chi connectivity index (χ0) is 16.0. The van der Waals surface area contributed by atoms with Crippen molar-refractivity contribution in [3.05, 3.63) is 33.8 Å². The Balaban J connectivity index is 2.54. The van der Waals surface area contributed by atoms with Gasteiger partial charge >= 0.3 is 0 Å². The van der Waals surface area contributed by atoms with Crippen molar-refractivity contribution in [2.24, 2.45) is 5.92 Å². The summed E-state index contributed by atoms with van der Waals surface area (Å²) in [5.41, 5.74) is 2.64. The lowest BCUT2D eigenvalue weighted by Gasteiger charge is -2.21. The van der Waals surface area contributed by atoms with Crippen LogP contribution < -0.4 is 5.32 Å². The summed E-state index contributed by atoms with van der Waals surface area (Å²) in [6, 6.07) is 6.52. The van der Waals surface area contributed by atoms with Crippen LogP contribution in [0.4, 0.5) is 0 Å². The minimum Gasteiger partial charge on any atom is -0.374 e. The monoisotopic (exact) mass is 355 g/mol. The number of hydrogen-bond donors (Lipinski definition) is 1. The van der Waals surface area contributed by atoms with Gasteiger partial charge in [-0.25, -0.2) is 0 Å². The van der Waals surface area contributed by atoms with Crippen LogP contribution in [0.15, 0.2) is 22.7 Å². The van der Waals surface area contributed by atoms with Gasteiger partial charge in [0.25, 0.3) is 0 Å². The molecule has 1 aromatic rings. The average molecular weight is 356 g/mol. The van der Waals surface area contributed by atoms with Gasteiger partial charge in [-0.15, -0.1) is 0 Å². The molecule has 21 heavy (non-hydrogen) atoms. The molecule has 0 spiro atoms. The number of ether oxygens (including phenoxy) is 1. The minimum absolute atomic E-state index is 0.139. The predicted molar refractivity (Wildman–Crippen MR) is 94.4 cm³/mol. The van der Waals surface area contributed by atoms with E-state index in [1.165, 1.54) is 11.1 Å². The van der Waals surface area contributed by atoms with Gasteiger partial charge in [-0.05, 0) is 57.2 Å². The molecular formula is C18H30BrNO. The van der Waals surface area contributed by atoms with Gasteiger partial charge in [0.2, 0.25) is 0 Å². The molecule has 0 heterocycles. The molecule has 2 nitrogen and oxygen atoms in total. The van der Waals surface area contributed by atoms with E-state index in [-0.39, 0.29) is 5.54 Å². The van der Waals surface area contributed by atoms with Gasteiger partial charge in [0.15, 0.2) is 0 Å². The maximum atomic E-state index is 5.93. The molecule has 3 heteroatoms. The molecule has 1 aromatic carbocycles. The molecule has 1 atom stereocenters. The zero-order valence-electron chi connectivity index (χ0n) is 14.3. The summed E-state index contributed by atoms with van der Waals surface area (Å²) in [6.45, 7) is 14.7. The van der Waals surface area contributed by atoms with E-state index >= 15 is 0 Å². The number of hydrogen-bond acceptors (Lipinski definition) is 2. The standard InChI is InChI=1S/C18H30BrNO/c1-13(2)9-14(3)21-12-16-8-7-15(10-17(16)19)11-20-18(4,5)6/h7-8,10,13-14,20H,9,11-12H2,1-6H3. The molecule has 0 aromatic heterocycles. The minimum atomic E-state index is 0.139. The van der Waals surface area contributed by atoms with Gasteiger partial charge in [-0.2, -0.15) is 0 Å². The third-order valence-electron chi connectivity index (χ3n) is 3.27. The molecule has 1 unspecified atom stereocenters. The van der Waals surface area contributed by atoms with E-state index in [1.54, 1.807) is 0 Å². The van der Waals surface area contributed by atoms with Crippen molar-refractivity contribution in [3.63, 3.8) is 0 Å². The van der Waals surface area contributed by atoms with Crippen molar-refractivity contribution in [2.75, 3.05) is 0 Å². The Morgan fingerprint density at radius 1 is 1.19 bits per heavy atom. The van der Waals surface area contributed by atoms with E-state index in [0.717, 1.165) is 17.4 Å². The van der Waals surface area contributed by atoms with Crippen molar-refractivity contribution in [1.82, 2.24) is 5.32 Å². The zero-order valence-corrected chi connectivity index (χ0v) is 15.9. The maximum Gasteiger partial charge on any atom is 0.0731 e. The first-order valence-corrected chi connectivity index (χ1v) is 8.60. The van der Waals surface area contributed by atoms with Crippen LogP contribution in [0.25, 0.3) is 0 Å². The third-order valence-corrected chi connectivity index (χ3v) is 4.01. The Bertz CT molecular complexity index is 437. The van der Waals surface area contributed by atoms with Crippen LogP contribution in [0.2, 0.25) is 0 Å². The van der Waals surface area contributed by atoms with Crippen LogP contribution >= 0.6 is 15.9 Å². The summed E-state index contributed by atoms with van der Waals surface area (Å²) in [5.74, 6) is 0.675. The molecule has 0 radical (unpaired) electrons. The molecule has 0 aliphatic rings. The Kier molecular flexibility index (Phi) is 7.38. The first-order chi connectivity index (χ1) is 9.67. The van der Waals surface area contributed by atoms with Gasteiger partial charge in [0.1, 0.15) is 0 Å². The number of nitrogens with one attached hydrogen (secondary N) is 1. The highest BCUT2D eigenvalue weighted by Gasteiger charge is 2.10. The first kappa shape index (κ1) is 18.7. The number of rotatable bonds is 7. The smallest absolute Gasteiger partial charge is 0.0731 e. The largest absolute Gasteiger partial charge is 0.374 e. The van der Waals surface area contributed by atoms with Crippen molar-refractivity contribution >= 4 is 15.9 Å². The van der Waals surface area contributed by atoms with E-state index < -0.39 is 0 Å². The van der Waals surface area contributed by atoms with Gasteiger partial charge in [-0.1, -0.05) is 41.9 Å². The molecule has 1 N–H and O–H groups in total. The van der Waals surface area contributed by atoms with Gasteiger partial charge in [0, 0.05) is 16.6 Å². The van der Waals surface area contributed by atoms with Crippen LogP contribution in [-0.2, 0) is 17.9 Å². The van der Waals surface area contributed by atoms with E-state index in [4.69, 9.17) is 4.74 Å². The summed E-state index contributed by atoms with van der Waals surface area (Å²) in [4.78, 5) is 0. The lowest BCUT2D eigenvalue weighted by molar-refractivity contribution is 0.0394. The fourth-order valence-corrected chi connectivity index (χ4v) is 2.69. The molecule has 1 rings (SSSR count). The van der Waals surface area contributed by atoms with E-state index in [9.17, 15) is 0 Å². The molecule has 0 aliphatic heterocycles. The van der Waals surface area contributed by atoms with Crippen LogP contribution in [0.3, 0.4) is 0 Å². The molecule has 0 fully saturated rings. The van der Waals surface area contributed by atoms with Gasteiger partial charge < -0.3 is 10.1 Å². The Hall–Kier alpha value is -0.380. The topological polar surface area (TPSA) is 21.3 Å². The molecule has 0 saturated carbocycles. The molecule has 0 aliphatic carbocycles. The van der Waals surface area contributed by atoms with Crippen LogP contribution in [0, 0.1) is 5.92 Å². The second kappa shape index (κ2) is 8.30. The predicted octanol–water partition coefficient (Wildman–Crippen LogP) is 5.29. The highest BCUT2D eigenvalue weighted by molar-refractivity contribution is 9.10. The molecular weight excluding hydrogens is 326 g/mol. The summed E-state index contributed by atoms with van der Waals surface area (Å²) in [6.07, 6.45) is 1.41. The average Bonchev–Trinajstić information content (AvgIpc) is 2.33. The fourth-order valence-electron chi connectivity index (χ4n) is 2.15. The third kappa shape index (κ3) is 7.98. The quantitative estimate of drug-likeness (QED) is 0.717. The van der Waals surface area contributed by atoms with Crippen molar-refractivity contribution < 1.29 is 4.74 Å². The summed E-state index contributed by atoms with van der Waals surface area (Å²) < 4.78 is 7.06. The lowest BCUT2D eigenvalue weighted by Crippen LogP contribution is -2.35. The molecule has 0 bridgehead atoms. The highest BCUT2D eigenvalue weighted by Crippen LogP contribution is 2.21. The van der Waals surface area contributed by atoms with Gasteiger partial charge in [-0.3, -0.25) is 0 Å². The second-order valence-electron chi connectivity index (χ2n) is 7.28. The normalized spacial score (nSPS) is 13.7. The summed E-state index contributed by atoms with van der Waals surface area (Å²) in [7, 11) is 0. The van der Waals surface area contributed by atoms with E-state index in [1.807, 2.05) is 0 Å². The SMILES string of the molecule is CC(C)CC(C)OCc1ccc(CNC(C)(C)C)cc1Br. The highest BCUT2D eigenvalue weighted by atomic mass is 79.9. The van der Waals surface area contributed by atoms with Crippen LogP contribution in [-0.4, -0.2) is 11.6 Å². The molecule has 120 valence electrons. The second-order valence-corrected chi connectivity index (χ2v) is 8.13. The van der Waals surface area contributed by atoms with Gasteiger partial charge in [0.05, 0.1) is 12.7 Å².